The highest BCUT2D eigenvalue weighted by Crippen LogP contribution is 2.02. The standard InChI is InChI=1S/C6H5N2OS/c1-4-8(9-5-1)6-2-3-7-10-6/h1-5H/q+1. The lowest BCUT2D eigenvalue weighted by molar-refractivity contribution is -0.781. The Labute approximate surface area is 61.7 Å². The Morgan fingerprint density at radius 2 is 2.60 bits per heavy atom. The monoisotopic (exact) mass is 153 g/mol. The van der Waals surface area contributed by atoms with Gasteiger partial charge in [0.05, 0.1) is 0 Å². The molecule has 3 nitrogen and oxygen atoms in total. The van der Waals surface area contributed by atoms with Crippen molar-refractivity contribution >= 4 is 11.5 Å². The average molecular weight is 153 g/mol. The van der Waals surface area contributed by atoms with Crippen LogP contribution in [0.2, 0.25) is 0 Å². The summed E-state index contributed by atoms with van der Waals surface area (Å²) in [6, 6.07) is 3.73. The summed E-state index contributed by atoms with van der Waals surface area (Å²) in [5.74, 6) is 0. The summed E-state index contributed by atoms with van der Waals surface area (Å²) in [5.41, 5.74) is 0. The molecule has 2 heterocycles. The zero-order valence-electron chi connectivity index (χ0n) is 5.10. The van der Waals surface area contributed by atoms with E-state index in [0.29, 0.717) is 0 Å². The Balaban J connectivity index is 2.48. The number of aromatic nitrogens is 2. The molecule has 0 aromatic carbocycles. The molecule has 0 N–H and O–H groups in total. The van der Waals surface area contributed by atoms with Gasteiger partial charge in [0.25, 0.3) is 0 Å². The van der Waals surface area contributed by atoms with Gasteiger partial charge >= 0.3 is 5.00 Å². The van der Waals surface area contributed by atoms with Gasteiger partial charge < -0.3 is 0 Å². The third kappa shape index (κ3) is 0.823. The van der Waals surface area contributed by atoms with Crippen molar-refractivity contribution < 1.29 is 9.26 Å². The molecule has 2 aromatic rings. The van der Waals surface area contributed by atoms with E-state index < -0.39 is 0 Å². The lowest BCUT2D eigenvalue weighted by Gasteiger charge is -1.74. The molecule has 4 heteroatoms. The molecule has 0 saturated carbocycles. The van der Waals surface area contributed by atoms with Gasteiger partial charge in [0.2, 0.25) is 6.20 Å². The van der Waals surface area contributed by atoms with Crippen molar-refractivity contribution in [3.05, 3.63) is 30.8 Å². The van der Waals surface area contributed by atoms with Gasteiger partial charge in [0.15, 0.2) is 6.26 Å². The number of hydrogen-bond donors (Lipinski definition) is 0. The number of rotatable bonds is 1. The predicted octanol–water partition coefficient (Wildman–Crippen LogP) is 1.01. The van der Waals surface area contributed by atoms with Gasteiger partial charge in [0.1, 0.15) is 0 Å². The van der Waals surface area contributed by atoms with E-state index in [4.69, 9.17) is 4.52 Å². The molecule has 0 aliphatic heterocycles. The summed E-state index contributed by atoms with van der Waals surface area (Å²) in [6.07, 6.45) is 5.21. The minimum Gasteiger partial charge on any atom is -0.238 e. The van der Waals surface area contributed by atoms with E-state index in [-0.39, 0.29) is 0 Å². The Morgan fingerprint density at radius 1 is 1.60 bits per heavy atom. The maximum absolute atomic E-state index is 5.06. The second-order valence-corrected chi connectivity index (χ2v) is 2.57. The summed E-state index contributed by atoms with van der Waals surface area (Å²) in [4.78, 5) is 0. The summed E-state index contributed by atoms with van der Waals surface area (Å²) < 4.78 is 10.7. The third-order valence-corrected chi connectivity index (χ3v) is 1.85. The summed E-state index contributed by atoms with van der Waals surface area (Å²) in [7, 11) is 0. The Bertz CT molecular complexity index is 255. The highest BCUT2D eigenvalue weighted by molar-refractivity contribution is 7.07. The van der Waals surface area contributed by atoms with Crippen LogP contribution in [0.25, 0.3) is 5.00 Å². The van der Waals surface area contributed by atoms with Crippen LogP contribution in [-0.2, 0) is 0 Å². The van der Waals surface area contributed by atoms with E-state index in [9.17, 15) is 0 Å². The lowest BCUT2D eigenvalue weighted by atomic mass is 10.7. The summed E-state index contributed by atoms with van der Waals surface area (Å²) in [5, 5.41) is 0.991. The molecule has 2 aromatic heterocycles. The summed E-state index contributed by atoms with van der Waals surface area (Å²) >= 11 is 1.40. The quantitative estimate of drug-likeness (QED) is 0.572. The van der Waals surface area contributed by atoms with Gasteiger partial charge in [-0.25, -0.2) is 4.52 Å². The Kier molecular flexibility index (Phi) is 1.25. The minimum atomic E-state index is 0.991. The maximum atomic E-state index is 5.06. The first-order chi connectivity index (χ1) is 4.97. The lowest BCUT2D eigenvalue weighted by Crippen LogP contribution is -2.24. The van der Waals surface area contributed by atoms with Crippen LogP contribution in [0.1, 0.15) is 0 Å². The summed E-state index contributed by atoms with van der Waals surface area (Å²) in [6.45, 7) is 0. The van der Waals surface area contributed by atoms with Crippen molar-refractivity contribution in [2.75, 3.05) is 0 Å². The molecule has 0 amide bonds. The number of hydrogen-bond acceptors (Lipinski definition) is 3. The van der Waals surface area contributed by atoms with Gasteiger partial charge in [-0.05, 0) is 0 Å². The van der Waals surface area contributed by atoms with Crippen LogP contribution >= 0.6 is 11.5 Å². The highest BCUT2D eigenvalue weighted by atomic mass is 32.1. The first kappa shape index (κ1) is 5.61. The van der Waals surface area contributed by atoms with Crippen LogP contribution in [0.15, 0.2) is 35.3 Å². The molecule has 10 heavy (non-hydrogen) atoms. The minimum absolute atomic E-state index is 0.991. The average Bonchev–Trinajstić information content (AvgIpc) is 2.59. The molecule has 0 atom stereocenters. The van der Waals surface area contributed by atoms with Crippen molar-refractivity contribution in [2.24, 2.45) is 0 Å². The van der Waals surface area contributed by atoms with Gasteiger partial charge in [-0.1, -0.05) is 0 Å². The first-order valence-electron chi connectivity index (χ1n) is 2.83. The van der Waals surface area contributed by atoms with Crippen LogP contribution in [0.5, 0.6) is 0 Å². The van der Waals surface area contributed by atoms with Gasteiger partial charge in [-0.2, -0.15) is 4.37 Å². The fourth-order valence-corrected chi connectivity index (χ4v) is 1.23. The van der Waals surface area contributed by atoms with E-state index in [1.54, 1.807) is 17.2 Å². The second-order valence-electron chi connectivity index (χ2n) is 1.76. The smallest absolute Gasteiger partial charge is 0.238 e. The van der Waals surface area contributed by atoms with E-state index >= 15 is 0 Å². The van der Waals surface area contributed by atoms with E-state index in [0.717, 1.165) is 5.00 Å². The second kappa shape index (κ2) is 2.22. The van der Waals surface area contributed by atoms with Crippen molar-refractivity contribution in [1.82, 2.24) is 4.37 Å². The topological polar surface area (TPSA) is 29.9 Å². The van der Waals surface area contributed by atoms with Crippen molar-refractivity contribution in [1.29, 1.82) is 0 Å². The molecule has 0 spiro atoms. The zero-order chi connectivity index (χ0) is 6.81. The van der Waals surface area contributed by atoms with Gasteiger partial charge in [0, 0.05) is 34.6 Å². The van der Waals surface area contributed by atoms with Crippen molar-refractivity contribution in [3.63, 3.8) is 0 Å². The van der Waals surface area contributed by atoms with Crippen LogP contribution in [0, 0.1) is 0 Å². The molecule has 0 bridgehead atoms. The number of nitrogens with zero attached hydrogens (tertiary/aromatic N) is 2. The molecule has 0 saturated heterocycles. The molecule has 0 aliphatic rings. The maximum Gasteiger partial charge on any atom is 0.331 e. The Hall–Kier alpha value is -1.16. The molecular formula is C6H5N2OS+. The molecular weight excluding hydrogens is 148 g/mol. The normalized spacial score (nSPS) is 10.0. The zero-order valence-corrected chi connectivity index (χ0v) is 5.91. The third-order valence-electron chi connectivity index (χ3n) is 1.12. The Morgan fingerprint density at radius 3 is 3.20 bits per heavy atom. The molecule has 0 fully saturated rings. The fourth-order valence-electron chi connectivity index (χ4n) is 0.697. The molecule has 0 aliphatic carbocycles. The van der Waals surface area contributed by atoms with Crippen LogP contribution < -0.4 is 4.74 Å². The molecule has 2 rings (SSSR count). The van der Waals surface area contributed by atoms with Crippen LogP contribution in [-0.4, -0.2) is 4.37 Å². The molecule has 0 unspecified atom stereocenters. The molecule has 50 valence electrons. The molecule has 0 radical (unpaired) electrons. The fraction of sp³-hybridized carbons (Fsp3) is 0. The van der Waals surface area contributed by atoms with Gasteiger partial charge in [-0.3, -0.25) is 0 Å². The SMILES string of the molecule is c1co[n+](-c2ccns2)c1. The van der Waals surface area contributed by atoms with E-state index in [2.05, 4.69) is 4.37 Å². The van der Waals surface area contributed by atoms with Crippen molar-refractivity contribution in [2.45, 2.75) is 0 Å². The van der Waals surface area contributed by atoms with Crippen molar-refractivity contribution in [3.8, 4) is 5.00 Å². The van der Waals surface area contributed by atoms with E-state index in [1.165, 1.54) is 11.5 Å². The first-order valence-corrected chi connectivity index (χ1v) is 3.61. The van der Waals surface area contributed by atoms with Gasteiger partial charge in [-0.15, -0.1) is 0 Å². The van der Waals surface area contributed by atoms with Crippen LogP contribution in [0.3, 0.4) is 0 Å². The largest absolute Gasteiger partial charge is 0.331 e. The van der Waals surface area contributed by atoms with Crippen LogP contribution in [0.4, 0.5) is 0 Å². The predicted molar refractivity (Wildman–Crippen MR) is 35.9 cm³/mol. The highest BCUT2D eigenvalue weighted by Gasteiger charge is 2.08. The van der Waals surface area contributed by atoms with E-state index in [1.807, 2.05) is 18.3 Å².